The molecule has 1 aliphatic heterocycles. The molecule has 3 heterocycles. The van der Waals surface area contributed by atoms with Crippen LogP contribution in [0.5, 0.6) is 0 Å². The van der Waals surface area contributed by atoms with Gasteiger partial charge in [0.25, 0.3) is 11.8 Å². The summed E-state index contributed by atoms with van der Waals surface area (Å²) in [5.41, 5.74) is 0.168. The summed E-state index contributed by atoms with van der Waals surface area (Å²) in [6.07, 6.45) is 1.20. The van der Waals surface area contributed by atoms with Gasteiger partial charge >= 0.3 is 6.03 Å². The summed E-state index contributed by atoms with van der Waals surface area (Å²) >= 11 is 4.85. The predicted molar refractivity (Wildman–Crippen MR) is 108 cm³/mol. The first-order valence-corrected chi connectivity index (χ1v) is 10.3. The fourth-order valence-electron chi connectivity index (χ4n) is 3.08. The van der Waals surface area contributed by atoms with E-state index in [1.54, 1.807) is 6.92 Å². The molecule has 0 spiro atoms. The molecule has 1 saturated heterocycles. The standard InChI is InChI=1S/C19H17BrN4O3S/c1-19(10-9-12-5-3-2-4-6-12)17(25)24(18(26)21-19)11-15-22-23-16(27-15)13-7-8-14(20)28-13/h2-8H,9-11H2,1H3,(H,21,26)/t19-/m1/s1. The van der Waals surface area contributed by atoms with Gasteiger partial charge in [-0.3, -0.25) is 9.69 Å². The van der Waals surface area contributed by atoms with E-state index in [0.29, 0.717) is 18.7 Å². The molecule has 0 bridgehead atoms. The third kappa shape index (κ3) is 3.72. The van der Waals surface area contributed by atoms with Crippen LogP contribution in [0.3, 0.4) is 0 Å². The summed E-state index contributed by atoms with van der Waals surface area (Å²) in [4.78, 5) is 27.2. The van der Waals surface area contributed by atoms with E-state index in [9.17, 15) is 9.59 Å². The quantitative estimate of drug-likeness (QED) is 0.561. The molecule has 28 heavy (non-hydrogen) atoms. The molecular weight excluding hydrogens is 444 g/mol. The van der Waals surface area contributed by atoms with Crippen molar-refractivity contribution in [1.29, 1.82) is 0 Å². The SMILES string of the molecule is C[C@]1(CCc2ccccc2)NC(=O)N(Cc2nnc(-c3ccc(Br)s3)o2)C1=O. The maximum atomic E-state index is 12.9. The number of nitrogens with zero attached hydrogens (tertiary/aromatic N) is 3. The van der Waals surface area contributed by atoms with Crippen molar-refractivity contribution in [2.75, 3.05) is 0 Å². The Labute approximate surface area is 173 Å². The third-order valence-electron chi connectivity index (χ3n) is 4.65. The first-order valence-electron chi connectivity index (χ1n) is 8.71. The van der Waals surface area contributed by atoms with E-state index in [1.165, 1.54) is 11.3 Å². The molecule has 2 aromatic heterocycles. The van der Waals surface area contributed by atoms with Gasteiger partial charge in [0.15, 0.2) is 0 Å². The van der Waals surface area contributed by atoms with Crippen LogP contribution < -0.4 is 5.32 Å². The number of aryl methyl sites for hydroxylation is 1. The number of carbonyl (C=O) groups excluding carboxylic acids is 2. The highest BCUT2D eigenvalue weighted by Crippen LogP contribution is 2.31. The van der Waals surface area contributed by atoms with E-state index in [-0.39, 0.29) is 18.3 Å². The lowest BCUT2D eigenvalue weighted by Gasteiger charge is -2.21. The number of aromatic nitrogens is 2. The zero-order chi connectivity index (χ0) is 19.7. The highest BCUT2D eigenvalue weighted by atomic mass is 79.9. The number of imide groups is 1. The van der Waals surface area contributed by atoms with Gasteiger partial charge in [-0.05, 0) is 53.4 Å². The third-order valence-corrected chi connectivity index (χ3v) is 6.26. The van der Waals surface area contributed by atoms with E-state index in [4.69, 9.17) is 4.42 Å². The van der Waals surface area contributed by atoms with Crippen molar-refractivity contribution in [3.63, 3.8) is 0 Å². The van der Waals surface area contributed by atoms with Crippen molar-refractivity contribution in [2.24, 2.45) is 0 Å². The van der Waals surface area contributed by atoms with Gasteiger partial charge in [0, 0.05) is 0 Å². The zero-order valence-corrected chi connectivity index (χ0v) is 17.4. The molecule has 4 rings (SSSR count). The summed E-state index contributed by atoms with van der Waals surface area (Å²) in [5.74, 6) is 0.298. The highest BCUT2D eigenvalue weighted by molar-refractivity contribution is 9.11. The van der Waals surface area contributed by atoms with Gasteiger partial charge in [-0.2, -0.15) is 0 Å². The smallest absolute Gasteiger partial charge is 0.325 e. The van der Waals surface area contributed by atoms with Crippen molar-refractivity contribution >= 4 is 39.2 Å². The van der Waals surface area contributed by atoms with Crippen molar-refractivity contribution in [1.82, 2.24) is 20.4 Å². The Kier molecular flexibility index (Phi) is 5.03. The van der Waals surface area contributed by atoms with Gasteiger partial charge < -0.3 is 9.73 Å². The summed E-state index contributed by atoms with van der Waals surface area (Å²) in [7, 11) is 0. The normalized spacial score (nSPS) is 19.3. The lowest BCUT2D eigenvalue weighted by Crippen LogP contribution is -2.44. The van der Waals surface area contributed by atoms with Gasteiger partial charge in [0.1, 0.15) is 12.1 Å². The minimum atomic E-state index is -0.950. The van der Waals surface area contributed by atoms with Gasteiger partial charge in [-0.25, -0.2) is 4.79 Å². The van der Waals surface area contributed by atoms with Crippen LogP contribution >= 0.6 is 27.3 Å². The number of benzene rings is 1. The van der Waals surface area contributed by atoms with Crippen molar-refractivity contribution in [3.8, 4) is 10.8 Å². The Morgan fingerprint density at radius 1 is 1.18 bits per heavy atom. The van der Waals surface area contributed by atoms with Crippen LogP contribution in [0.2, 0.25) is 0 Å². The van der Waals surface area contributed by atoms with Crippen LogP contribution in [-0.4, -0.2) is 32.6 Å². The molecule has 0 aliphatic carbocycles. The van der Waals surface area contributed by atoms with Gasteiger partial charge in [-0.1, -0.05) is 30.3 Å². The van der Waals surface area contributed by atoms with Crippen LogP contribution in [0.1, 0.15) is 24.8 Å². The first kappa shape index (κ1) is 18.8. The molecule has 3 aromatic rings. The number of hydrogen-bond acceptors (Lipinski definition) is 6. The molecule has 1 aromatic carbocycles. The topological polar surface area (TPSA) is 88.3 Å². The monoisotopic (exact) mass is 460 g/mol. The second-order valence-corrected chi connectivity index (χ2v) is 9.21. The van der Waals surface area contributed by atoms with E-state index in [2.05, 4.69) is 31.4 Å². The van der Waals surface area contributed by atoms with E-state index < -0.39 is 11.6 Å². The molecular formula is C19H17BrN4O3S. The Morgan fingerprint density at radius 2 is 1.96 bits per heavy atom. The van der Waals surface area contributed by atoms with Crippen LogP contribution in [0, 0.1) is 0 Å². The average molecular weight is 461 g/mol. The summed E-state index contributed by atoms with van der Waals surface area (Å²) in [5, 5.41) is 10.8. The molecule has 7 nitrogen and oxygen atoms in total. The number of amides is 3. The second-order valence-electron chi connectivity index (χ2n) is 6.74. The van der Waals surface area contributed by atoms with E-state index in [0.717, 1.165) is 19.1 Å². The van der Waals surface area contributed by atoms with Gasteiger partial charge in [0.05, 0.1) is 8.66 Å². The van der Waals surface area contributed by atoms with Crippen LogP contribution in [0.15, 0.2) is 50.7 Å². The summed E-state index contributed by atoms with van der Waals surface area (Å²) < 4.78 is 6.58. The van der Waals surface area contributed by atoms with Crippen LogP contribution in [0.25, 0.3) is 10.8 Å². The first-order chi connectivity index (χ1) is 13.4. The zero-order valence-electron chi connectivity index (χ0n) is 15.0. The molecule has 3 amide bonds. The van der Waals surface area contributed by atoms with E-state index >= 15 is 0 Å². The maximum absolute atomic E-state index is 12.9. The maximum Gasteiger partial charge on any atom is 0.325 e. The lowest BCUT2D eigenvalue weighted by molar-refractivity contribution is -0.131. The van der Waals surface area contributed by atoms with Gasteiger partial charge in [-0.15, -0.1) is 21.5 Å². The van der Waals surface area contributed by atoms with Gasteiger partial charge in [0.2, 0.25) is 5.89 Å². The van der Waals surface area contributed by atoms with Crippen LogP contribution in [-0.2, 0) is 17.8 Å². The molecule has 0 radical (unpaired) electrons. The highest BCUT2D eigenvalue weighted by Gasteiger charge is 2.47. The largest absolute Gasteiger partial charge is 0.418 e. The molecule has 9 heteroatoms. The minimum absolute atomic E-state index is 0.0505. The number of hydrogen-bond donors (Lipinski definition) is 1. The fourth-order valence-corrected chi connectivity index (χ4v) is 4.39. The summed E-state index contributed by atoms with van der Waals surface area (Å²) in [6, 6.07) is 13.2. The summed E-state index contributed by atoms with van der Waals surface area (Å²) in [6.45, 7) is 1.70. The average Bonchev–Trinajstić information content (AvgIpc) is 3.37. The van der Waals surface area contributed by atoms with Crippen molar-refractivity contribution in [2.45, 2.75) is 31.8 Å². The van der Waals surface area contributed by atoms with Crippen LogP contribution in [0.4, 0.5) is 4.79 Å². The molecule has 0 unspecified atom stereocenters. The van der Waals surface area contributed by atoms with E-state index in [1.807, 2.05) is 42.5 Å². The predicted octanol–water partition coefficient (Wildman–Crippen LogP) is 4.00. The second kappa shape index (κ2) is 7.48. The number of thiophene rings is 1. The molecule has 144 valence electrons. The molecule has 1 aliphatic rings. The molecule has 1 N–H and O–H groups in total. The lowest BCUT2D eigenvalue weighted by atomic mass is 9.93. The molecule has 0 saturated carbocycles. The number of urea groups is 1. The minimum Gasteiger partial charge on any atom is -0.418 e. The Hall–Kier alpha value is -2.52. The van der Waals surface area contributed by atoms with Crippen molar-refractivity contribution in [3.05, 3.63) is 57.7 Å². The Balaban J connectivity index is 1.45. The number of carbonyl (C=O) groups is 2. The Morgan fingerprint density at radius 3 is 2.68 bits per heavy atom. The number of rotatable bonds is 6. The van der Waals surface area contributed by atoms with Crippen molar-refractivity contribution < 1.29 is 14.0 Å². The number of halogens is 1. The number of nitrogens with one attached hydrogen (secondary N) is 1. The molecule has 1 fully saturated rings. The molecule has 1 atom stereocenters. The Bertz CT molecular complexity index is 1020. The fraction of sp³-hybridized carbons (Fsp3) is 0.263.